The van der Waals surface area contributed by atoms with Crippen LogP contribution in [0.1, 0.15) is 30.5 Å². The normalized spacial score (nSPS) is 13.2. The van der Waals surface area contributed by atoms with Crippen molar-refractivity contribution in [2.45, 2.75) is 19.3 Å². The molecule has 0 saturated carbocycles. The molecule has 0 N–H and O–H groups in total. The fourth-order valence-electron chi connectivity index (χ4n) is 7.55. The van der Waals surface area contributed by atoms with Crippen molar-refractivity contribution >= 4 is 49.4 Å². The number of para-hydroxylation sites is 1. The number of nitrogens with zero attached hydrogens (tertiary/aromatic N) is 3. The molecule has 0 bridgehead atoms. The lowest BCUT2D eigenvalue weighted by Crippen LogP contribution is -2.14. The molecule has 0 saturated heterocycles. The maximum atomic E-state index is 9.66. The highest BCUT2D eigenvalue weighted by Crippen LogP contribution is 2.51. The molecule has 45 heavy (non-hydrogen) atoms. The van der Waals surface area contributed by atoms with Gasteiger partial charge in [-0.25, -0.2) is 4.85 Å². The van der Waals surface area contributed by atoms with E-state index < -0.39 is 0 Å². The lowest BCUT2D eigenvalue weighted by molar-refractivity contribution is 0.647. The monoisotopic (exact) mass is 575 g/mol. The number of aromatic nitrogens is 1. The summed E-state index contributed by atoms with van der Waals surface area (Å²) in [7, 11) is 0. The summed E-state index contributed by atoms with van der Waals surface area (Å²) in [6, 6.07) is 41.8. The first-order chi connectivity index (χ1) is 22.0. The quantitative estimate of drug-likeness (QED) is 0.193. The molecule has 0 aliphatic heterocycles. The fraction of sp³-hybridized carbons (Fsp3) is 0.0732. The topological polar surface area (TPSA) is 46.2 Å². The predicted molar refractivity (Wildman–Crippen MR) is 182 cm³/mol. The minimum absolute atomic E-state index is 0.124. The van der Waals surface area contributed by atoms with Gasteiger partial charge in [0.25, 0.3) is 0 Å². The van der Waals surface area contributed by atoms with Gasteiger partial charge in [0.1, 0.15) is 11.2 Å². The number of fused-ring (bicyclic) bond motifs is 9. The lowest BCUT2D eigenvalue weighted by atomic mass is 9.82. The molecule has 0 radical (unpaired) electrons. The molecule has 0 spiro atoms. The Balaban J connectivity index is 1.38. The van der Waals surface area contributed by atoms with Crippen LogP contribution in [0.5, 0.6) is 0 Å². The van der Waals surface area contributed by atoms with Gasteiger partial charge in [-0.05, 0) is 88.0 Å². The van der Waals surface area contributed by atoms with Crippen molar-refractivity contribution < 1.29 is 4.42 Å². The Labute approximate surface area is 259 Å². The first-order valence-corrected chi connectivity index (χ1v) is 15.0. The van der Waals surface area contributed by atoms with Crippen molar-refractivity contribution in [2.24, 2.45) is 0 Å². The first kappa shape index (κ1) is 25.4. The third-order valence-electron chi connectivity index (χ3n) is 9.64. The van der Waals surface area contributed by atoms with Gasteiger partial charge in [-0.3, -0.25) is 0 Å². The van der Waals surface area contributed by atoms with Gasteiger partial charge in [-0.1, -0.05) is 74.5 Å². The van der Waals surface area contributed by atoms with Crippen LogP contribution in [0, 0.1) is 17.9 Å². The van der Waals surface area contributed by atoms with E-state index in [0.29, 0.717) is 11.3 Å². The minimum Gasteiger partial charge on any atom is -0.456 e. The Morgan fingerprint density at radius 3 is 2.33 bits per heavy atom. The maximum Gasteiger partial charge on any atom is 0.188 e. The number of rotatable bonds is 2. The Hall–Kier alpha value is -6.10. The van der Waals surface area contributed by atoms with Gasteiger partial charge in [-0.15, -0.1) is 0 Å². The second kappa shape index (κ2) is 8.96. The van der Waals surface area contributed by atoms with Crippen molar-refractivity contribution in [3.05, 3.63) is 143 Å². The maximum absolute atomic E-state index is 9.66. The summed E-state index contributed by atoms with van der Waals surface area (Å²) in [6.45, 7) is 12.4. The molecule has 1 aliphatic carbocycles. The molecule has 9 rings (SSSR count). The van der Waals surface area contributed by atoms with E-state index in [-0.39, 0.29) is 5.41 Å². The highest BCUT2D eigenvalue weighted by molar-refractivity contribution is 6.16. The molecular weight excluding hydrogens is 550 g/mol. The first-order valence-electron chi connectivity index (χ1n) is 15.0. The SMILES string of the molecule is [C-]#[N+]c1ccc(-n2c3ccccc3c3cc(C#N)ccc32)c(-c2cccc3oc4cc5c(cc4c23)-c2ccccc2C5(C)C)c1. The van der Waals surface area contributed by atoms with Crippen LogP contribution >= 0.6 is 0 Å². The summed E-state index contributed by atoms with van der Waals surface area (Å²) in [4.78, 5) is 3.83. The fourth-order valence-corrected chi connectivity index (χ4v) is 7.55. The smallest absolute Gasteiger partial charge is 0.188 e. The molecule has 0 fully saturated rings. The van der Waals surface area contributed by atoms with Crippen molar-refractivity contribution in [1.29, 1.82) is 5.26 Å². The van der Waals surface area contributed by atoms with Crippen LogP contribution in [0.25, 0.3) is 76.5 Å². The molecule has 2 aromatic heterocycles. The van der Waals surface area contributed by atoms with Crippen LogP contribution in [0.15, 0.2) is 120 Å². The molecule has 0 unspecified atom stereocenters. The van der Waals surface area contributed by atoms with Crippen molar-refractivity contribution in [3.8, 4) is 34.0 Å². The van der Waals surface area contributed by atoms with E-state index in [1.54, 1.807) is 0 Å². The molecule has 1 aliphatic rings. The molecule has 4 nitrogen and oxygen atoms in total. The van der Waals surface area contributed by atoms with Gasteiger partial charge in [0, 0.05) is 27.0 Å². The van der Waals surface area contributed by atoms with Crippen LogP contribution in [-0.4, -0.2) is 4.57 Å². The van der Waals surface area contributed by atoms with Gasteiger partial charge in [0.2, 0.25) is 0 Å². The van der Waals surface area contributed by atoms with E-state index in [9.17, 15) is 5.26 Å². The van der Waals surface area contributed by atoms with E-state index in [2.05, 4.69) is 83.9 Å². The van der Waals surface area contributed by atoms with Gasteiger partial charge in [0.15, 0.2) is 5.69 Å². The average Bonchev–Trinajstić information content (AvgIpc) is 3.69. The van der Waals surface area contributed by atoms with E-state index in [1.807, 2.05) is 60.7 Å². The van der Waals surface area contributed by atoms with Crippen molar-refractivity contribution in [3.63, 3.8) is 0 Å². The third-order valence-corrected chi connectivity index (χ3v) is 9.64. The minimum atomic E-state index is -0.124. The van der Waals surface area contributed by atoms with Crippen molar-refractivity contribution in [1.82, 2.24) is 4.57 Å². The zero-order valence-corrected chi connectivity index (χ0v) is 24.7. The number of benzene rings is 6. The number of hydrogen-bond acceptors (Lipinski definition) is 2. The highest BCUT2D eigenvalue weighted by Gasteiger charge is 2.36. The third kappa shape index (κ3) is 3.40. The molecule has 6 aromatic carbocycles. The zero-order valence-electron chi connectivity index (χ0n) is 24.7. The molecule has 2 heterocycles. The molecule has 8 aromatic rings. The summed E-state index contributed by atoms with van der Waals surface area (Å²) in [5.74, 6) is 0. The zero-order chi connectivity index (χ0) is 30.4. The van der Waals surface area contributed by atoms with Crippen LogP contribution < -0.4 is 0 Å². The van der Waals surface area contributed by atoms with Crippen LogP contribution in [0.3, 0.4) is 0 Å². The summed E-state index contributed by atoms with van der Waals surface area (Å²) in [5.41, 5.74) is 12.8. The van der Waals surface area contributed by atoms with Crippen LogP contribution in [0.2, 0.25) is 0 Å². The summed E-state index contributed by atoms with van der Waals surface area (Å²) in [5, 5.41) is 13.9. The van der Waals surface area contributed by atoms with Crippen LogP contribution in [0.4, 0.5) is 5.69 Å². The lowest BCUT2D eigenvalue weighted by Gasteiger charge is -2.21. The molecule has 0 amide bonds. The molecule has 210 valence electrons. The Bertz CT molecular complexity index is 2650. The van der Waals surface area contributed by atoms with E-state index in [1.165, 1.54) is 22.3 Å². The van der Waals surface area contributed by atoms with Gasteiger partial charge >= 0.3 is 0 Å². The average molecular weight is 576 g/mol. The summed E-state index contributed by atoms with van der Waals surface area (Å²) in [6.07, 6.45) is 0. The predicted octanol–water partition coefficient (Wildman–Crippen LogP) is 11.1. The Kier molecular flexibility index (Phi) is 5.06. The summed E-state index contributed by atoms with van der Waals surface area (Å²) < 4.78 is 8.84. The van der Waals surface area contributed by atoms with Gasteiger partial charge in [-0.2, -0.15) is 5.26 Å². The number of hydrogen-bond donors (Lipinski definition) is 0. The number of nitriles is 1. The second-order valence-electron chi connectivity index (χ2n) is 12.4. The second-order valence-corrected chi connectivity index (χ2v) is 12.4. The van der Waals surface area contributed by atoms with Gasteiger partial charge in [0.05, 0.1) is 34.9 Å². The van der Waals surface area contributed by atoms with E-state index in [0.717, 1.165) is 60.6 Å². The Morgan fingerprint density at radius 1 is 0.667 bits per heavy atom. The molecule has 0 atom stereocenters. The number of furan rings is 1. The largest absolute Gasteiger partial charge is 0.456 e. The Morgan fingerprint density at radius 2 is 1.47 bits per heavy atom. The van der Waals surface area contributed by atoms with Crippen LogP contribution in [-0.2, 0) is 5.41 Å². The molecular formula is C41H25N3O. The van der Waals surface area contributed by atoms with Crippen molar-refractivity contribution in [2.75, 3.05) is 0 Å². The standard InChI is InChI=1S/C41H25N3O/c1-41(2)33-12-6-4-9-26(33)29-21-32-39(22-34(29)41)45-38-14-8-11-28(40(32)38)31-20-25(43-3)16-18-37(31)44-35-13-7-5-10-27(35)30-19-24(23-42)15-17-36(30)44/h4-22H,1-2H3. The highest BCUT2D eigenvalue weighted by atomic mass is 16.3. The summed E-state index contributed by atoms with van der Waals surface area (Å²) >= 11 is 0. The molecule has 4 heteroatoms. The van der Waals surface area contributed by atoms with E-state index in [4.69, 9.17) is 11.0 Å². The van der Waals surface area contributed by atoms with Gasteiger partial charge < -0.3 is 8.98 Å². The van der Waals surface area contributed by atoms with E-state index >= 15 is 0 Å².